The summed E-state index contributed by atoms with van der Waals surface area (Å²) >= 11 is 0. The summed E-state index contributed by atoms with van der Waals surface area (Å²) in [5.74, 6) is 5.02. The van der Waals surface area contributed by atoms with E-state index in [1.807, 2.05) is 0 Å². The first-order chi connectivity index (χ1) is 29.6. The lowest BCUT2D eigenvalue weighted by Crippen LogP contribution is -2.13. The van der Waals surface area contributed by atoms with Crippen LogP contribution in [-0.2, 0) is 0 Å². The largest absolute Gasteiger partial charge is 0.493 e. The molecule has 0 N–H and O–H groups in total. The molecule has 0 radical (unpaired) electrons. The molecule has 0 bridgehead atoms. The molecular weight excluding hydrogens is 729 g/mol. The Morgan fingerprint density at radius 2 is 0.817 bits per heavy atom. The SMILES string of the molecule is CCCCCC1CCC(c2ccc(-c3cc4ccccc4c(-c4c(OCC)c(-c5ccc(C6CCC(CCCCC)CC6)cc5)cc5ccccc45)c3OCC)cc2)CC1. The Labute approximate surface area is 362 Å². The van der Waals surface area contributed by atoms with Gasteiger partial charge in [-0.2, -0.15) is 0 Å². The predicted molar refractivity (Wildman–Crippen MR) is 258 cm³/mol. The van der Waals surface area contributed by atoms with Crippen LogP contribution in [0.1, 0.15) is 153 Å². The van der Waals surface area contributed by atoms with Gasteiger partial charge in [0.15, 0.2) is 0 Å². The fourth-order valence-electron chi connectivity index (χ4n) is 11.0. The zero-order valence-electron chi connectivity index (χ0n) is 37.2. The molecule has 0 aliphatic heterocycles. The summed E-state index contributed by atoms with van der Waals surface area (Å²) in [6, 6.07) is 41.5. The van der Waals surface area contributed by atoms with Crippen molar-refractivity contribution < 1.29 is 9.47 Å². The Morgan fingerprint density at radius 1 is 0.433 bits per heavy atom. The first-order valence-electron chi connectivity index (χ1n) is 24.2. The molecule has 0 aromatic heterocycles. The Hall–Kier alpha value is -4.56. The van der Waals surface area contributed by atoms with Gasteiger partial charge in [0, 0.05) is 22.3 Å². The number of benzene rings is 6. The number of hydrogen-bond donors (Lipinski definition) is 0. The van der Waals surface area contributed by atoms with Gasteiger partial charge in [0.1, 0.15) is 11.5 Å². The van der Waals surface area contributed by atoms with Gasteiger partial charge in [-0.1, -0.05) is 162 Å². The fraction of sp³-hybridized carbons (Fsp3) is 0.448. The van der Waals surface area contributed by atoms with Crippen LogP contribution < -0.4 is 9.47 Å². The van der Waals surface area contributed by atoms with Gasteiger partial charge in [-0.3, -0.25) is 0 Å². The minimum atomic E-state index is 0.571. The molecule has 2 aliphatic rings. The third-order valence-electron chi connectivity index (χ3n) is 14.3. The second kappa shape index (κ2) is 20.3. The highest BCUT2D eigenvalue weighted by molar-refractivity contribution is 6.14. The van der Waals surface area contributed by atoms with E-state index in [0.717, 1.165) is 45.6 Å². The average molecular weight is 799 g/mol. The second-order valence-corrected chi connectivity index (χ2v) is 18.2. The van der Waals surface area contributed by atoms with Crippen molar-refractivity contribution in [3.63, 3.8) is 0 Å². The highest BCUT2D eigenvalue weighted by Gasteiger charge is 2.27. The average Bonchev–Trinajstić information content (AvgIpc) is 3.30. The molecule has 2 aliphatic carbocycles. The second-order valence-electron chi connectivity index (χ2n) is 18.2. The topological polar surface area (TPSA) is 18.5 Å². The van der Waals surface area contributed by atoms with Crippen LogP contribution in [0.3, 0.4) is 0 Å². The minimum absolute atomic E-state index is 0.571. The maximum absolute atomic E-state index is 6.87. The van der Waals surface area contributed by atoms with Gasteiger partial charge in [-0.05, 0) is 145 Å². The van der Waals surface area contributed by atoms with E-state index in [1.54, 1.807) is 0 Å². The van der Waals surface area contributed by atoms with Crippen molar-refractivity contribution in [3.05, 3.63) is 120 Å². The molecule has 2 nitrogen and oxygen atoms in total. The van der Waals surface area contributed by atoms with Crippen LogP contribution in [0.2, 0.25) is 0 Å². The molecule has 6 aromatic carbocycles. The lowest BCUT2D eigenvalue weighted by atomic mass is 9.77. The van der Waals surface area contributed by atoms with Crippen molar-refractivity contribution in [1.82, 2.24) is 0 Å². The summed E-state index contributed by atoms with van der Waals surface area (Å²) < 4.78 is 13.7. The van der Waals surface area contributed by atoms with Gasteiger partial charge in [0.25, 0.3) is 0 Å². The predicted octanol–water partition coefficient (Wildman–Crippen LogP) is 17.5. The summed E-state index contributed by atoms with van der Waals surface area (Å²) in [7, 11) is 0. The van der Waals surface area contributed by atoms with Crippen molar-refractivity contribution in [3.8, 4) is 44.9 Å². The first kappa shape index (κ1) is 42.1. The molecule has 2 fully saturated rings. The van der Waals surface area contributed by atoms with E-state index >= 15 is 0 Å². The summed E-state index contributed by atoms with van der Waals surface area (Å²) in [6.45, 7) is 10.00. The van der Waals surface area contributed by atoms with Crippen molar-refractivity contribution in [2.45, 2.75) is 142 Å². The number of hydrogen-bond acceptors (Lipinski definition) is 2. The molecule has 0 heterocycles. The van der Waals surface area contributed by atoms with Crippen LogP contribution in [0.4, 0.5) is 0 Å². The minimum Gasteiger partial charge on any atom is -0.493 e. The fourth-order valence-corrected chi connectivity index (χ4v) is 11.0. The Balaban J connectivity index is 1.18. The van der Waals surface area contributed by atoms with Crippen molar-refractivity contribution in [2.75, 3.05) is 13.2 Å². The Kier molecular flexibility index (Phi) is 14.3. The lowest BCUT2D eigenvalue weighted by molar-refractivity contribution is 0.303. The molecule has 0 spiro atoms. The Morgan fingerprint density at radius 3 is 1.18 bits per heavy atom. The molecule has 0 atom stereocenters. The Bertz CT molecular complexity index is 2120. The summed E-state index contributed by atoms with van der Waals surface area (Å²) in [5, 5.41) is 4.78. The highest BCUT2D eigenvalue weighted by atomic mass is 16.5. The van der Waals surface area contributed by atoms with E-state index in [2.05, 4.69) is 137 Å². The van der Waals surface area contributed by atoms with Gasteiger partial charge < -0.3 is 9.47 Å². The zero-order valence-corrected chi connectivity index (χ0v) is 37.2. The molecule has 0 unspecified atom stereocenters. The third-order valence-corrected chi connectivity index (χ3v) is 14.3. The summed E-state index contributed by atoms with van der Waals surface area (Å²) in [4.78, 5) is 0. The smallest absolute Gasteiger partial charge is 0.135 e. The van der Waals surface area contributed by atoms with Crippen molar-refractivity contribution in [1.29, 1.82) is 0 Å². The number of fused-ring (bicyclic) bond motifs is 2. The molecule has 2 saturated carbocycles. The molecule has 314 valence electrons. The number of ether oxygens (including phenoxy) is 2. The van der Waals surface area contributed by atoms with Crippen LogP contribution in [0.15, 0.2) is 109 Å². The van der Waals surface area contributed by atoms with E-state index in [9.17, 15) is 0 Å². The van der Waals surface area contributed by atoms with Gasteiger partial charge in [0.2, 0.25) is 0 Å². The van der Waals surface area contributed by atoms with E-state index in [4.69, 9.17) is 9.47 Å². The molecule has 2 heteroatoms. The normalized spacial score (nSPS) is 19.5. The molecule has 0 saturated heterocycles. The molecule has 8 rings (SSSR count). The molecular formula is C58H70O2. The van der Waals surface area contributed by atoms with E-state index < -0.39 is 0 Å². The van der Waals surface area contributed by atoms with Crippen LogP contribution in [-0.4, -0.2) is 13.2 Å². The van der Waals surface area contributed by atoms with Gasteiger partial charge >= 0.3 is 0 Å². The van der Waals surface area contributed by atoms with Crippen LogP contribution in [0.25, 0.3) is 54.9 Å². The van der Waals surface area contributed by atoms with Crippen molar-refractivity contribution >= 4 is 21.5 Å². The van der Waals surface area contributed by atoms with E-state index in [0.29, 0.717) is 25.0 Å². The van der Waals surface area contributed by atoms with Gasteiger partial charge in [-0.15, -0.1) is 0 Å². The van der Waals surface area contributed by atoms with Gasteiger partial charge in [0.05, 0.1) is 13.2 Å². The van der Waals surface area contributed by atoms with E-state index in [1.165, 1.54) is 147 Å². The zero-order chi connectivity index (χ0) is 41.3. The van der Waals surface area contributed by atoms with Crippen molar-refractivity contribution in [2.24, 2.45) is 11.8 Å². The quantitative estimate of drug-likeness (QED) is 0.0856. The summed E-state index contributed by atoms with van der Waals surface area (Å²) in [5.41, 5.74) is 9.88. The van der Waals surface area contributed by atoms with Gasteiger partial charge in [-0.25, -0.2) is 0 Å². The molecule has 60 heavy (non-hydrogen) atoms. The monoisotopic (exact) mass is 799 g/mol. The number of unbranched alkanes of at least 4 members (excludes halogenated alkanes) is 4. The van der Waals surface area contributed by atoms with Crippen LogP contribution >= 0.6 is 0 Å². The number of rotatable bonds is 17. The van der Waals surface area contributed by atoms with Crippen LogP contribution in [0.5, 0.6) is 11.5 Å². The van der Waals surface area contributed by atoms with Crippen LogP contribution in [0, 0.1) is 11.8 Å². The molecule has 0 amide bonds. The lowest BCUT2D eigenvalue weighted by Gasteiger charge is -2.29. The standard InChI is InChI=1S/C58H70O2/c1-5-9-11-17-41-23-27-43(28-24-41)45-31-35-47(36-32-45)53-39-49-19-13-15-21-51(49)55(57(53)59-7-3)56-52-22-16-14-20-50(52)40-54(58(56)60-8-4)48-37-33-46(34-38-48)44-29-25-42(26-30-44)18-12-10-6-2/h13-16,19-22,31-44H,5-12,17-18,23-30H2,1-4H3. The maximum Gasteiger partial charge on any atom is 0.135 e. The summed E-state index contributed by atoms with van der Waals surface area (Å²) in [6.07, 6.45) is 21.8. The highest BCUT2D eigenvalue weighted by Crippen LogP contribution is 2.53. The first-order valence-corrected chi connectivity index (χ1v) is 24.2. The van der Waals surface area contributed by atoms with E-state index in [-0.39, 0.29) is 0 Å². The molecule has 6 aromatic rings. The maximum atomic E-state index is 6.87. The third kappa shape index (κ3) is 9.34.